The maximum absolute atomic E-state index is 5.87. The second kappa shape index (κ2) is 9.25. The van der Waals surface area contributed by atoms with Crippen LogP contribution in [0.2, 0.25) is 0 Å². The molecule has 1 aromatic rings. The van der Waals surface area contributed by atoms with Crippen molar-refractivity contribution in [2.45, 2.75) is 26.7 Å². The van der Waals surface area contributed by atoms with E-state index < -0.39 is 0 Å². The first-order chi connectivity index (χ1) is 9.67. The standard InChI is InChI=1S/C14H23N5S/c1-3-19(4-2)13(15)18-14(20)17-11-7-9-12-8-5-6-10-16-12/h5-6,8,10H,3-4,7,9,11H2,1-2H3,(H3,15,17,18,20). The van der Waals surface area contributed by atoms with E-state index in [4.69, 9.17) is 18.0 Å². The van der Waals surface area contributed by atoms with Crippen molar-refractivity contribution in [3.05, 3.63) is 30.1 Å². The molecule has 0 aliphatic heterocycles. The van der Waals surface area contributed by atoms with Gasteiger partial charge in [-0.1, -0.05) is 6.07 Å². The molecule has 0 saturated carbocycles. The molecule has 3 N–H and O–H groups in total. The molecule has 1 rings (SSSR count). The summed E-state index contributed by atoms with van der Waals surface area (Å²) in [6.45, 7) is 6.50. The first kappa shape index (κ1) is 16.4. The fourth-order valence-electron chi connectivity index (χ4n) is 1.77. The fraction of sp³-hybridized carbons (Fsp3) is 0.500. The van der Waals surface area contributed by atoms with Gasteiger partial charge in [-0.2, -0.15) is 4.99 Å². The Labute approximate surface area is 126 Å². The Hall–Kier alpha value is -1.69. The van der Waals surface area contributed by atoms with E-state index >= 15 is 0 Å². The second-order valence-corrected chi connectivity index (χ2v) is 4.69. The van der Waals surface area contributed by atoms with Gasteiger partial charge in [-0.05, 0) is 51.0 Å². The summed E-state index contributed by atoms with van der Waals surface area (Å²) in [5.74, 6) is 0.470. The molecule has 0 spiro atoms. The summed E-state index contributed by atoms with van der Waals surface area (Å²) >= 11 is 5.15. The largest absolute Gasteiger partial charge is 0.369 e. The molecule has 0 bridgehead atoms. The van der Waals surface area contributed by atoms with Gasteiger partial charge >= 0.3 is 0 Å². The van der Waals surface area contributed by atoms with Crippen molar-refractivity contribution >= 4 is 23.3 Å². The van der Waals surface area contributed by atoms with E-state index in [1.165, 1.54) is 0 Å². The summed E-state index contributed by atoms with van der Waals surface area (Å²) < 4.78 is 0. The van der Waals surface area contributed by atoms with E-state index in [0.29, 0.717) is 11.1 Å². The van der Waals surface area contributed by atoms with Gasteiger partial charge in [-0.3, -0.25) is 4.98 Å². The topological polar surface area (TPSA) is 66.5 Å². The Bertz CT molecular complexity index is 428. The molecule has 0 saturated heterocycles. The van der Waals surface area contributed by atoms with Gasteiger partial charge in [0.1, 0.15) is 0 Å². The first-order valence-electron chi connectivity index (χ1n) is 6.94. The van der Waals surface area contributed by atoms with Crippen LogP contribution in [0.5, 0.6) is 0 Å². The number of aryl methyl sites for hydroxylation is 1. The van der Waals surface area contributed by atoms with Crippen molar-refractivity contribution < 1.29 is 0 Å². The molecule has 0 aromatic carbocycles. The van der Waals surface area contributed by atoms with E-state index in [0.717, 1.165) is 38.2 Å². The monoisotopic (exact) mass is 293 g/mol. The first-order valence-corrected chi connectivity index (χ1v) is 7.35. The smallest absolute Gasteiger partial charge is 0.198 e. The highest BCUT2D eigenvalue weighted by atomic mass is 32.1. The molecule has 0 aliphatic carbocycles. The Morgan fingerprint density at radius 3 is 2.75 bits per heavy atom. The maximum Gasteiger partial charge on any atom is 0.198 e. The molecule has 0 fully saturated rings. The molecule has 1 aromatic heterocycles. The number of aliphatic imine (C=N–C) groups is 1. The quantitative estimate of drug-likeness (QED) is 0.360. The number of nitrogens with one attached hydrogen (secondary N) is 1. The maximum atomic E-state index is 5.87. The Morgan fingerprint density at radius 2 is 2.15 bits per heavy atom. The zero-order valence-electron chi connectivity index (χ0n) is 12.2. The fourth-order valence-corrected chi connectivity index (χ4v) is 1.97. The lowest BCUT2D eigenvalue weighted by Gasteiger charge is -2.19. The van der Waals surface area contributed by atoms with E-state index in [2.05, 4.69) is 15.3 Å². The number of hydrogen-bond donors (Lipinski definition) is 2. The highest BCUT2D eigenvalue weighted by Gasteiger charge is 2.03. The minimum Gasteiger partial charge on any atom is -0.369 e. The van der Waals surface area contributed by atoms with Gasteiger partial charge in [0.25, 0.3) is 0 Å². The minimum absolute atomic E-state index is 0.440. The van der Waals surface area contributed by atoms with Crippen LogP contribution in [0.4, 0.5) is 0 Å². The van der Waals surface area contributed by atoms with Crippen molar-refractivity contribution in [1.29, 1.82) is 0 Å². The summed E-state index contributed by atoms with van der Waals surface area (Å²) in [6, 6.07) is 5.94. The van der Waals surface area contributed by atoms with Crippen molar-refractivity contribution in [2.24, 2.45) is 10.7 Å². The SMILES string of the molecule is CCN(CC)/C(N)=N/C(=S)NCCCc1ccccn1. The van der Waals surface area contributed by atoms with Crippen molar-refractivity contribution in [3.63, 3.8) is 0 Å². The molecule has 0 atom stereocenters. The number of nitrogens with zero attached hydrogens (tertiary/aromatic N) is 3. The third-order valence-corrected chi connectivity index (χ3v) is 3.15. The lowest BCUT2D eigenvalue weighted by molar-refractivity contribution is 0.461. The highest BCUT2D eigenvalue weighted by molar-refractivity contribution is 7.80. The van der Waals surface area contributed by atoms with E-state index in [-0.39, 0.29) is 0 Å². The summed E-state index contributed by atoms with van der Waals surface area (Å²) in [5.41, 5.74) is 6.96. The molecule has 20 heavy (non-hydrogen) atoms. The lowest BCUT2D eigenvalue weighted by Crippen LogP contribution is -2.38. The zero-order valence-corrected chi connectivity index (χ0v) is 13.0. The van der Waals surface area contributed by atoms with Gasteiger partial charge in [0.2, 0.25) is 0 Å². The second-order valence-electron chi connectivity index (χ2n) is 4.30. The van der Waals surface area contributed by atoms with Crippen molar-refractivity contribution in [2.75, 3.05) is 19.6 Å². The third kappa shape index (κ3) is 5.97. The van der Waals surface area contributed by atoms with Gasteiger partial charge in [-0.15, -0.1) is 0 Å². The van der Waals surface area contributed by atoms with Gasteiger partial charge in [0.05, 0.1) is 0 Å². The number of aromatic nitrogens is 1. The minimum atomic E-state index is 0.440. The number of thiocarbonyl (C=S) groups is 1. The zero-order chi connectivity index (χ0) is 14.8. The van der Waals surface area contributed by atoms with Gasteiger partial charge in [0.15, 0.2) is 11.1 Å². The van der Waals surface area contributed by atoms with Crippen LogP contribution in [-0.2, 0) is 6.42 Å². The summed E-state index contributed by atoms with van der Waals surface area (Å²) in [4.78, 5) is 10.4. The molecular formula is C14H23N5S. The van der Waals surface area contributed by atoms with Crippen LogP contribution in [0.15, 0.2) is 29.4 Å². The van der Waals surface area contributed by atoms with Crippen LogP contribution < -0.4 is 11.1 Å². The average molecular weight is 293 g/mol. The van der Waals surface area contributed by atoms with Gasteiger partial charge < -0.3 is 16.0 Å². The van der Waals surface area contributed by atoms with Crippen molar-refractivity contribution in [1.82, 2.24) is 15.2 Å². The van der Waals surface area contributed by atoms with Crippen LogP contribution in [-0.4, -0.2) is 40.6 Å². The number of nitrogens with two attached hydrogens (primary N) is 1. The number of rotatable bonds is 6. The van der Waals surface area contributed by atoms with Crippen molar-refractivity contribution in [3.8, 4) is 0 Å². The highest BCUT2D eigenvalue weighted by Crippen LogP contribution is 1.97. The van der Waals surface area contributed by atoms with E-state index in [1.807, 2.05) is 43.1 Å². The Morgan fingerprint density at radius 1 is 1.40 bits per heavy atom. The Kier molecular flexibility index (Phi) is 7.57. The number of guanidine groups is 1. The van der Waals surface area contributed by atoms with Gasteiger partial charge in [0, 0.05) is 31.5 Å². The predicted octanol–water partition coefficient (Wildman–Crippen LogP) is 1.55. The molecule has 0 radical (unpaired) electrons. The van der Waals surface area contributed by atoms with E-state index in [9.17, 15) is 0 Å². The summed E-state index contributed by atoms with van der Waals surface area (Å²) in [7, 11) is 0. The molecule has 0 unspecified atom stereocenters. The number of pyridine rings is 1. The van der Waals surface area contributed by atoms with Crippen LogP contribution in [0.3, 0.4) is 0 Å². The molecule has 110 valence electrons. The molecule has 1 heterocycles. The van der Waals surface area contributed by atoms with Crippen LogP contribution >= 0.6 is 12.2 Å². The number of hydrogen-bond acceptors (Lipinski definition) is 2. The molecule has 0 aliphatic rings. The summed E-state index contributed by atoms with van der Waals surface area (Å²) in [6.07, 6.45) is 3.69. The van der Waals surface area contributed by atoms with Crippen LogP contribution in [0.1, 0.15) is 26.0 Å². The molecule has 5 nitrogen and oxygen atoms in total. The predicted molar refractivity (Wildman–Crippen MR) is 87.7 cm³/mol. The van der Waals surface area contributed by atoms with Crippen LogP contribution in [0, 0.1) is 0 Å². The Balaban J connectivity index is 2.28. The normalized spacial score (nSPS) is 11.2. The average Bonchev–Trinajstić information content (AvgIpc) is 2.46. The summed E-state index contributed by atoms with van der Waals surface area (Å²) in [5, 5.41) is 3.54. The van der Waals surface area contributed by atoms with E-state index in [1.54, 1.807) is 0 Å². The molecule has 6 heteroatoms. The van der Waals surface area contributed by atoms with Gasteiger partial charge in [-0.25, -0.2) is 0 Å². The van der Waals surface area contributed by atoms with Crippen LogP contribution in [0.25, 0.3) is 0 Å². The molecule has 0 amide bonds. The third-order valence-electron chi connectivity index (χ3n) is 2.92. The molecular weight excluding hydrogens is 270 g/mol. The lowest BCUT2D eigenvalue weighted by atomic mass is 10.2.